The smallest absolute Gasteiger partial charge is 0.263 e. The number of hydrogen-bond acceptors (Lipinski definition) is 5. The Morgan fingerprint density at radius 1 is 1.29 bits per heavy atom. The summed E-state index contributed by atoms with van der Waals surface area (Å²) in [5.41, 5.74) is 6.92. The normalized spacial score (nSPS) is 12.8. The van der Waals surface area contributed by atoms with Crippen LogP contribution in [0.4, 0.5) is 5.13 Å². The zero-order valence-corrected chi connectivity index (χ0v) is 15.3. The summed E-state index contributed by atoms with van der Waals surface area (Å²) in [5, 5.41) is 1.88. The van der Waals surface area contributed by atoms with E-state index in [0.29, 0.717) is 12.1 Å². The Hall–Kier alpha value is -1.93. The highest BCUT2D eigenvalue weighted by atomic mass is 32.2. The molecule has 1 amide bonds. The van der Waals surface area contributed by atoms with Crippen LogP contribution in [0.2, 0.25) is 0 Å². The van der Waals surface area contributed by atoms with Gasteiger partial charge in [-0.3, -0.25) is 9.52 Å². The van der Waals surface area contributed by atoms with E-state index in [2.05, 4.69) is 16.6 Å². The molecule has 0 aliphatic carbocycles. The van der Waals surface area contributed by atoms with E-state index in [4.69, 9.17) is 5.73 Å². The monoisotopic (exact) mass is 367 g/mol. The second-order valence-corrected chi connectivity index (χ2v) is 7.98. The molecular formula is C16H21N3O3S2. The number of benzene rings is 1. The number of thiazole rings is 1. The molecule has 0 saturated carbocycles. The number of amides is 1. The number of carbonyl (C=O) groups excluding carboxylic acids is 1. The molecule has 6 nitrogen and oxygen atoms in total. The van der Waals surface area contributed by atoms with Gasteiger partial charge in [-0.25, -0.2) is 13.4 Å². The molecular weight excluding hydrogens is 346 g/mol. The third kappa shape index (κ3) is 4.33. The van der Waals surface area contributed by atoms with E-state index in [0.717, 1.165) is 29.7 Å². The molecule has 0 aliphatic heterocycles. The number of aromatic nitrogens is 1. The number of anilines is 1. The Labute approximate surface area is 146 Å². The molecule has 2 aromatic rings. The topological polar surface area (TPSA) is 102 Å². The van der Waals surface area contributed by atoms with Crippen LogP contribution in [0.3, 0.4) is 0 Å². The predicted octanol–water partition coefficient (Wildman–Crippen LogP) is 2.88. The molecule has 1 aromatic heterocycles. The minimum Gasteiger partial charge on any atom is -0.369 e. The number of aryl methyl sites for hydroxylation is 1. The molecule has 130 valence electrons. The highest BCUT2D eigenvalue weighted by molar-refractivity contribution is 7.93. The van der Waals surface area contributed by atoms with Crippen LogP contribution < -0.4 is 10.5 Å². The lowest BCUT2D eigenvalue weighted by molar-refractivity contribution is -0.119. The number of nitrogens with two attached hydrogens (primary N) is 1. The molecule has 2 rings (SSSR count). The quantitative estimate of drug-likeness (QED) is 0.749. The Bertz CT molecular complexity index is 798. The van der Waals surface area contributed by atoms with Gasteiger partial charge in [0.05, 0.1) is 16.5 Å². The van der Waals surface area contributed by atoms with Crippen molar-refractivity contribution >= 4 is 32.4 Å². The number of nitrogens with one attached hydrogen (secondary N) is 1. The van der Waals surface area contributed by atoms with E-state index in [1.807, 2.05) is 19.1 Å². The maximum Gasteiger partial charge on any atom is 0.263 e. The van der Waals surface area contributed by atoms with Crippen LogP contribution in [0.15, 0.2) is 34.5 Å². The van der Waals surface area contributed by atoms with Crippen molar-refractivity contribution in [1.82, 2.24) is 4.98 Å². The molecule has 0 radical (unpaired) electrons. The number of hydrogen-bond donors (Lipinski definition) is 2. The first-order valence-electron chi connectivity index (χ1n) is 7.73. The SMILES string of the molecule is CCCc1ccc(S(=O)(=O)Nc2nc(C(CC)C(N)=O)cs2)cc1. The van der Waals surface area contributed by atoms with E-state index < -0.39 is 21.8 Å². The molecule has 1 atom stereocenters. The van der Waals surface area contributed by atoms with Crippen molar-refractivity contribution in [3.63, 3.8) is 0 Å². The van der Waals surface area contributed by atoms with Crippen LogP contribution in [0.5, 0.6) is 0 Å². The average Bonchev–Trinajstić information content (AvgIpc) is 2.96. The van der Waals surface area contributed by atoms with Crippen molar-refractivity contribution < 1.29 is 13.2 Å². The van der Waals surface area contributed by atoms with Gasteiger partial charge in [-0.05, 0) is 30.5 Å². The fraction of sp³-hybridized carbons (Fsp3) is 0.375. The van der Waals surface area contributed by atoms with Gasteiger partial charge in [0.2, 0.25) is 5.91 Å². The highest BCUT2D eigenvalue weighted by Crippen LogP contribution is 2.26. The second-order valence-electron chi connectivity index (χ2n) is 5.44. The Morgan fingerprint density at radius 2 is 1.96 bits per heavy atom. The summed E-state index contributed by atoms with van der Waals surface area (Å²) in [6, 6.07) is 6.79. The Balaban J connectivity index is 2.17. The zero-order valence-electron chi connectivity index (χ0n) is 13.7. The van der Waals surface area contributed by atoms with Crippen molar-refractivity contribution in [3.8, 4) is 0 Å². The van der Waals surface area contributed by atoms with E-state index in [1.165, 1.54) is 0 Å². The van der Waals surface area contributed by atoms with Gasteiger partial charge in [-0.15, -0.1) is 11.3 Å². The molecule has 0 bridgehead atoms. The van der Waals surface area contributed by atoms with E-state index in [-0.39, 0.29) is 10.0 Å². The first kappa shape index (κ1) is 18.4. The summed E-state index contributed by atoms with van der Waals surface area (Å²) in [6.45, 7) is 3.90. The lowest BCUT2D eigenvalue weighted by Crippen LogP contribution is -2.21. The third-order valence-electron chi connectivity index (χ3n) is 3.62. The third-order valence-corrected chi connectivity index (χ3v) is 5.88. The van der Waals surface area contributed by atoms with Crippen LogP contribution >= 0.6 is 11.3 Å². The highest BCUT2D eigenvalue weighted by Gasteiger charge is 2.21. The number of rotatable bonds is 8. The summed E-state index contributed by atoms with van der Waals surface area (Å²) in [4.78, 5) is 15.7. The number of carbonyl (C=O) groups is 1. The maximum absolute atomic E-state index is 12.4. The summed E-state index contributed by atoms with van der Waals surface area (Å²) >= 11 is 1.13. The van der Waals surface area contributed by atoms with Crippen LogP contribution in [0.1, 0.15) is 43.9 Å². The standard InChI is InChI=1S/C16H21N3O3S2/c1-3-5-11-6-8-12(9-7-11)24(21,22)19-16-18-14(10-23-16)13(4-2)15(17)20/h6-10,13H,3-5H2,1-2H3,(H2,17,20)(H,18,19). The summed E-state index contributed by atoms with van der Waals surface area (Å²) in [6.07, 6.45) is 2.43. The minimum atomic E-state index is -3.70. The molecule has 0 aliphatic rings. The average molecular weight is 367 g/mol. The number of sulfonamides is 1. The summed E-state index contributed by atoms with van der Waals surface area (Å²) < 4.78 is 27.3. The molecule has 0 saturated heterocycles. The van der Waals surface area contributed by atoms with Crippen molar-refractivity contribution in [2.45, 2.75) is 43.9 Å². The number of primary amides is 1. The second kappa shape index (κ2) is 7.76. The molecule has 3 N–H and O–H groups in total. The van der Waals surface area contributed by atoms with E-state index in [9.17, 15) is 13.2 Å². The lowest BCUT2D eigenvalue weighted by atomic mass is 10.0. The van der Waals surface area contributed by atoms with Crippen molar-refractivity contribution in [3.05, 3.63) is 40.9 Å². The molecule has 1 unspecified atom stereocenters. The van der Waals surface area contributed by atoms with Crippen LogP contribution in [0, 0.1) is 0 Å². The fourth-order valence-corrected chi connectivity index (χ4v) is 4.36. The fourth-order valence-electron chi connectivity index (χ4n) is 2.35. The number of nitrogens with zero attached hydrogens (tertiary/aromatic N) is 1. The van der Waals surface area contributed by atoms with Gasteiger partial charge in [0.15, 0.2) is 5.13 Å². The van der Waals surface area contributed by atoms with Crippen LogP contribution in [-0.4, -0.2) is 19.3 Å². The first-order chi connectivity index (χ1) is 11.4. The molecule has 0 fully saturated rings. The summed E-state index contributed by atoms with van der Waals surface area (Å²) in [7, 11) is -3.70. The van der Waals surface area contributed by atoms with Crippen molar-refractivity contribution in [1.29, 1.82) is 0 Å². The van der Waals surface area contributed by atoms with Gasteiger partial charge in [0.1, 0.15) is 0 Å². The minimum absolute atomic E-state index is 0.182. The lowest BCUT2D eigenvalue weighted by Gasteiger charge is -2.07. The van der Waals surface area contributed by atoms with Crippen molar-refractivity contribution in [2.24, 2.45) is 5.73 Å². The molecule has 0 spiro atoms. The molecule has 1 heterocycles. The van der Waals surface area contributed by atoms with Gasteiger partial charge >= 0.3 is 0 Å². The van der Waals surface area contributed by atoms with Crippen molar-refractivity contribution in [2.75, 3.05) is 4.72 Å². The van der Waals surface area contributed by atoms with Gasteiger partial charge in [-0.1, -0.05) is 32.4 Å². The summed E-state index contributed by atoms with van der Waals surface area (Å²) in [5.74, 6) is -0.975. The Morgan fingerprint density at radius 3 is 2.50 bits per heavy atom. The van der Waals surface area contributed by atoms with Gasteiger partial charge in [0.25, 0.3) is 10.0 Å². The van der Waals surface area contributed by atoms with Gasteiger partial charge < -0.3 is 5.73 Å². The van der Waals surface area contributed by atoms with Crippen LogP contribution in [-0.2, 0) is 21.2 Å². The van der Waals surface area contributed by atoms with E-state index >= 15 is 0 Å². The van der Waals surface area contributed by atoms with Gasteiger partial charge in [0, 0.05) is 5.38 Å². The molecule has 1 aromatic carbocycles. The van der Waals surface area contributed by atoms with Gasteiger partial charge in [-0.2, -0.15) is 0 Å². The first-order valence-corrected chi connectivity index (χ1v) is 10.1. The molecule has 24 heavy (non-hydrogen) atoms. The molecule has 8 heteroatoms. The Kier molecular flexibility index (Phi) is 5.95. The maximum atomic E-state index is 12.4. The predicted molar refractivity (Wildman–Crippen MR) is 95.6 cm³/mol. The zero-order chi connectivity index (χ0) is 17.7. The largest absolute Gasteiger partial charge is 0.369 e. The van der Waals surface area contributed by atoms with Crippen LogP contribution in [0.25, 0.3) is 0 Å². The van der Waals surface area contributed by atoms with E-state index in [1.54, 1.807) is 17.5 Å².